The first-order valence-corrected chi connectivity index (χ1v) is 19.3. The van der Waals surface area contributed by atoms with E-state index in [1.165, 1.54) is 44.5 Å². The van der Waals surface area contributed by atoms with Crippen LogP contribution < -0.4 is 0 Å². The van der Waals surface area contributed by atoms with Gasteiger partial charge in [0, 0.05) is 32.7 Å². The summed E-state index contributed by atoms with van der Waals surface area (Å²) in [7, 11) is 0. The Morgan fingerprint density at radius 3 is 1.84 bits per heavy atom. The third kappa shape index (κ3) is 4.91. The van der Waals surface area contributed by atoms with E-state index >= 15 is 0 Å². The first-order chi connectivity index (χ1) is 27.5. The largest absolute Gasteiger partial charge is 0.277 e. The molecule has 0 fully saturated rings. The second kappa shape index (κ2) is 12.5. The molecule has 0 radical (unpaired) electrons. The van der Waals surface area contributed by atoms with E-state index in [0.717, 1.165) is 55.1 Å². The minimum atomic E-state index is -0.0743. The quantitative estimate of drug-likeness (QED) is 0.178. The zero-order valence-electron chi connectivity index (χ0n) is 31.2. The third-order valence-corrected chi connectivity index (χ3v) is 11.8. The number of para-hydroxylation sites is 2. The van der Waals surface area contributed by atoms with Crippen LogP contribution in [-0.2, 0) is 5.41 Å². The molecule has 0 aliphatic heterocycles. The molecule has 2 aromatic heterocycles. The first-order valence-electron chi connectivity index (χ1n) is 19.3. The fourth-order valence-electron chi connectivity index (χ4n) is 9.15. The maximum absolute atomic E-state index is 5.42. The van der Waals surface area contributed by atoms with Gasteiger partial charge in [-0.05, 0) is 80.4 Å². The predicted octanol–water partition coefficient (Wildman–Crippen LogP) is 13.7. The molecule has 264 valence electrons. The summed E-state index contributed by atoms with van der Waals surface area (Å²) in [6, 6.07) is 67.7. The SMILES string of the molecule is CC1(C)c2ccccc2-c2c(-c3cccc(-c4cc(-c5ccccc5)cc5c6ccccc6n(-c6nc(-c7ccccc7)c7ccccc7n6)c45)c3)cccc21. The molecule has 1 aliphatic carbocycles. The van der Waals surface area contributed by atoms with Crippen LogP contribution in [-0.4, -0.2) is 14.5 Å². The lowest BCUT2D eigenvalue weighted by atomic mass is 9.82. The van der Waals surface area contributed by atoms with Gasteiger partial charge >= 0.3 is 0 Å². The maximum atomic E-state index is 5.42. The Labute approximate surface area is 326 Å². The van der Waals surface area contributed by atoms with Crippen LogP contribution in [0, 0.1) is 0 Å². The van der Waals surface area contributed by atoms with E-state index in [4.69, 9.17) is 9.97 Å². The van der Waals surface area contributed by atoms with Crippen LogP contribution in [0.25, 0.3) is 94.4 Å². The molecule has 11 rings (SSSR count). The zero-order valence-corrected chi connectivity index (χ0v) is 31.2. The van der Waals surface area contributed by atoms with Crippen molar-refractivity contribution in [1.29, 1.82) is 0 Å². The molecule has 56 heavy (non-hydrogen) atoms. The Kier molecular flexibility index (Phi) is 7.20. The molecule has 0 amide bonds. The molecule has 3 nitrogen and oxygen atoms in total. The van der Waals surface area contributed by atoms with Crippen molar-refractivity contribution in [3.05, 3.63) is 199 Å². The Morgan fingerprint density at radius 1 is 0.411 bits per heavy atom. The molecule has 0 spiro atoms. The molecular weight excluding hydrogens is 679 g/mol. The second-order valence-electron chi connectivity index (χ2n) is 15.4. The van der Waals surface area contributed by atoms with Gasteiger partial charge in [0.15, 0.2) is 0 Å². The van der Waals surface area contributed by atoms with Crippen molar-refractivity contribution in [3.63, 3.8) is 0 Å². The van der Waals surface area contributed by atoms with E-state index in [1.54, 1.807) is 0 Å². The van der Waals surface area contributed by atoms with E-state index < -0.39 is 0 Å². The van der Waals surface area contributed by atoms with Crippen LogP contribution in [0.5, 0.6) is 0 Å². The summed E-state index contributed by atoms with van der Waals surface area (Å²) in [5.41, 5.74) is 17.4. The van der Waals surface area contributed by atoms with Crippen LogP contribution in [0.3, 0.4) is 0 Å². The summed E-state index contributed by atoms with van der Waals surface area (Å²) in [6.45, 7) is 4.70. The normalized spacial score (nSPS) is 13.0. The van der Waals surface area contributed by atoms with Gasteiger partial charge < -0.3 is 0 Å². The van der Waals surface area contributed by atoms with Gasteiger partial charge in [0.25, 0.3) is 0 Å². The van der Waals surface area contributed by atoms with E-state index in [9.17, 15) is 0 Å². The molecule has 2 heterocycles. The molecule has 0 saturated heterocycles. The number of fused-ring (bicyclic) bond motifs is 7. The van der Waals surface area contributed by atoms with Gasteiger partial charge in [-0.1, -0.05) is 172 Å². The highest BCUT2D eigenvalue weighted by Gasteiger charge is 2.36. The second-order valence-corrected chi connectivity index (χ2v) is 15.4. The molecule has 0 saturated carbocycles. The smallest absolute Gasteiger partial charge is 0.235 e. The monoisotopic (exact) mass is 715 g/mol. The Balaban J connectivity index is 1.22. The van der Waals surface area contributed by atoms with Crippen LogP contribution >= 0.6 is 0 Å². The lowest BCUT2D eigenvalue weighted by Gasteiger charge is -2.21. The average molecular weight is 716 g/mol. The Bertz CT molecular complexity index is 3150. The zero-order chi connectivity index (χ0) is 37.4. The van der Waals surface area contributed by atoms with E-state index in [1.807, 2.05) is 0 Å². The molecule has 3 heteroatoms. The van der Waals surface area contributed by atoms with Crippen molar-refractivity contribution in [1.82, 2.24) is 14.5 Å². The molecular formula is C53H37N3. The third-order valence-electron chi connectivity index (χ3n) is 11.8. The van der Waals surface area contributed by atoms with Crippen molar-refractivity contribution in [2.24, 2.45) is 0 Å². The summed E-state index contributed by atoms with van der Waals surface area (Å²) in [5.74, 6) is 0.651. The molecule has 8 aromatic carbocycles. The molecule has 10 aromatic rings. The summed E-state index contributed by atoms with van der Waals surface area (Å²) in [6.07, 6.45) is 0. The van der Waals surface area contributed by atoms with E-state index in [-0.39, 0.29) is 5.41 Å². The lowest BCUT2D eigenvalue weighted by Crippen LogP contribution is -2.14. The van der Waals surface area contributed by atoms with Gasteiger partial charge in [-0.3, -0.25) is 4.57 Å². The van der Waals surface area contributed by atoms with Crippen molar-refractivity contribution >= 4 is 32.7 Å². The topological polar surface area (TPSA) is 30.7 Å². The van der Waals surface area contributed by atoms with Gasteiger partial charge in [0.05, 0.1) is 22.2 Å². The minimum Gasteiger partial charge on any atom is -0.277 e. The van der Waals surface area contributed by atoms with Gasteiger partial charge in [-0.15, -0.1) is 0 Å². The molecule has 0 unspecified atom stereocenters. The standard InChI is InChI=1S/C53H37N3/c1-53(2)45-27-12-9-24-41(45)49-39(26-16-28-46(49)53)36-21-15-22-37(31-36)43-32-38(34-17-5-3-6-18-34)33-44-40-23-11-14-30-48(40)56(51(43)44)52-54-47-29-13-10-25-42(47)50(55-52)35-19-7-4-8-20-35/h3-33H,1-2H3. The fourth-order valence-corrected chi connectivity index (χ4v) is 9.15. The summed E-state index contributed by atoms with van der Waals surface area (Å²) >= 11 is 0. The average Bonchev–Trinajstić information content (AvgIpc) is 3.72. The number of rotatable bonds is 5. The summed E-state index contributed by atoms with van der Waals surface area (Å²) in [4.78, 5) is 10.7. The molecule has 0 bridgehead atoms. The lowest BCUT2D eigenvalue weighted by molar-refractivity contribution is 0.660. The predicted molar refractivity (Wildman–Crippen MR) is 233 cm³/mol. The maximum Gasteiger partial charge on any atom is 0.235 e. The van der Waals surface area contributed by atoms with E-state index in [2.05, 4.69) is 206 Å². The first kappa shape index (κ1) is 32.3. The Hall–Kier alpha value is -7.10. The van der Waals surface area contributed by atoms with Crippen LogP contribution in [0.15, 0.2) is 188 Å². The molecule has 0 atom stereocenters. The van der Waals surface area contributed by atoms with E-state index in [0.29, 0.717) is 5.95 Å². The summed E-state index contributed by atoms with van der Waals surface area (Å²) in [5, 5.41) is 3.36. The number of nitrogens with zero attached hydrogens (tertiary/aromatic N) is 3. The van der Waals surface area contributed by atoms with Crippen molar-refractivity contribution < 1.29 is 0 Å². The minimum absolute atomic E-state index is 0.0743. The van der Waals surface area contributed by atoms with Crippen molar-refractivity contribution in [2.75, 3.05) is 0 Å². The van der Waals surface area contributed by atoms with Crippen LogP contribution in [0.1, 0.15) is 25.0 Å². The highest BCUT2D eigenvalue weighted by Crippen LogP contribution is 2.52. The summed E-state index contributed by atoms with van der Waals surface area (Å²) < 4.78 is 2.29. The highest BCUT2D eigenvalue weighted by atomic mass is 15.2. The van der Waals surface area contributed by atoms with Crippen molar-refractivity contribution in [2.45, 2.75) is 19.3 Å². The molecule has 0 N–H and O–H groups in total. The fraction of sp³-hybridized carbons (Fsp3) is 0.0566. The molecule has 1 aliphatic rings. The number of benzene rings is 8. The van der Waals surface area contributed by atoms with Crippen LogP contribution in [0.4, 0.5) is 0 Å². The highest BCUT2D eigenvalue weighted by molar-refractivity contribution is 6.15. The van der Waals surface area contributed by atoms with Gasteiger partial charge in [0.2, 0.25) is 5.95 Å². The van der Waals surface area contributed by atoms with Gasteiger partial charge in [0.1, 0.15) is 0 Å². The number of hydrogen-bond acceptors (Lipinski definition) is 2. The Morgan fingerprint density at radius 2 is 1.02 bits per heavy atom. The number of hydrogen-bond donors (Lipinski definition) is 0. The van der Waals surface area contributed by atoms with Crippen LogP contribution in [0.2, 0.25) is 0 Å². The van der Waals surface area contributed by atoms with Crippen molar-refractivity contribution in [3.8, 4) is 61.7 Å². The van der Waals surface area contributed by atoms with Gasteiger partial charge in [-0.25, -0.2) is 9.97 Å². The number of aromatic nitrogens is 3. The van der Waals surface area contributed by atoms with Gasteiger partial charge in [-0.2, -0.15) is 0 Å².